The molecule has 0 spiro atoms. The fourth-order valence-corrected chi connectivity index (χ4v) is 4.29. The van der Waals surface area contributed by atoms with E-state index in [1.807, 2.05) is 12.1 Å². The number of benzene rings is 3. The number of non-ortho nitro benzene ring substituents is 1. The number of hydrogen-bond acceptors (Lipinski definition) is 5. The van der Waals surface area contributed by atoms with Gasteiger partial charge in [0.05, 0.1) is 16.0 Å². The monoisotopic (exact) mass is 467 g/mol. The van der Waals surface area contributed by atoms with E-state index < -0.39 is 16.7 Å². The minimum atomic E-state index is -0.505. The van der Waals surface area contributed by atoms with Crippen molar-refractivity contribution in [1.82, 2.24) is 0 Å². The van der Waals surface area contributed by atoms with Crippen LogP contribution in [0.5, 0.6) is 0 Å². The molecule has 1 heterocycles. The van der Waals surface area contributed by atoms with E-state index >= 15 is 0 Å². The Labute approximate surface area is 181 Å². The molecule has 0 saturated heterocycles. The number of carbonyl (C=O) groups is 2. The number of amides is 2. The third-order valence-electron chi connectivity index (χ3n) is 5.29. The lowest BCUT2D eigenvalue weighted by Crippen LogP contribution is -2.40. The van der Waals surface area contributed by atoms with Gasteiger partial charge in [-0.05, 0) is 49.4 Å². The second kappa shape index (κ2) is 7.87. The van der Waals surface area contributed by atoms with Gasteiger partial charge in [-0.25, -0.2) is 4.90 Å². The average Bonchev–Trinajstić information content (AvgIpc) is 2.76. The third kappa shape index (κ3) is 3.13. The van der Waals surface area contributed by atoms with Crippen LogP contribution in [0.15, 0.2) is 54.6 Å². The number of halogens is 1. The van der Waals surface area contributed by atoms with Crippen molar-refractivity contribution in [3.63, 3.8) is 0 Å². The summed E-state index contributed by atoms with van der Waals surface area (Å²) in [4.78, 5) is 40.6. The van der Waals surface area contributed by atoms with Crippen molar-refractivity contribution in [1.29, 1.82) is 0 Å². The van der Waals surface area contributed by atoms with Crippen LogP contribution < -0.4 is 9.80 Å². The van der Waals surface area contributed by atoms with Gasteiger partial charge in [0.15, 0.2) is 0 Å². The predicted octanol–water partition coefficient (Wildman–Crippen LogP) is 4.77. The lowest BCUT2D eigenvalue weighted by atomic mass is 9.92. The number of anilines is 2. The topological polar surface area (TPSA) is 83.8 Å². The van der Waals surface area contributed by atoms with Gasteiger partial charge in [0.25, 0.3) is 17.5 Å². The Balaban J connectivity index is 1.79. The van der Waals surface area contributed by atoms with Crippen LogP contribution in [0.25, 0.3) is 10.8 Å². The Morgan fingerprint density at radius 3 is 2.27 bits per heavy atom. The van der Waals surface area contributed by atoms with Crippen LogP contribution in [0.4, 0.5) is 17.1 Å². The first kappa shape index (κ1) is 20.0. The van der Waals surface area contributed by atoms with E-state index in [1.54, 1.807) is 30.3 Å². The second-order valence-electron chi connectivity index (χ2n) is 6.85. The van der Waals surface area contributed by atoms with Gasteiger partial charge in [0.2, 0.25) is 0 Å². The molecule has 0 fully saturated rings. The molecule has 0 bridgehead atoms. The molecule has 0 atom stereocenters. The highest BCUT2D eigenvalue weighted by atomic mass is 79.9. The molecule has 3 aromatic rings. The van der Waals surface area contributed by atoms with Gasteiger partial charge in [0.1, 0.15) is 0 Å². The van der Waals surface area contributed by atoms with Crippen LogP contribution in [0.2, 0.25) is 0 Å². The molecule has 3 aromatic carbocycles. The van der Waals surface area contributed by atoms with Crippen molar-refractivity contribution in [2.24, 2.45) is 0 Å². The van der Waals surface area contributed by atoms with Gasteiger partial charge >= 0.3 is 0 Å². The number of nitro benzene ring substituents is 1. The predicted molar refractivity (Wildman–Crippen MR) is 120 cm³/mol. The van der Waals surface area contributed by atoms with E-state index in [2.05, 4.69) is 27.8 Å². The maximum absolute atomic E-state index is 13.2. The van der Waals surface area contributed by atoms with Gasteiger partial charge in [-0.1, -0.05) is 22.0 Å². The minimum absolute atomic E-state index is 0.125. The normalized spacial score (nSPS) is 13.1. The van der Waals surface area contributed by atoms with Gasteiger partial charge in [-0.2, -0.15) is 0 Å². The highest BCUT2D eigenvalue weighted by Crippen LogP contribution is 2.37. The van der Waals surface area contributed by atoms with Crippen LogP contribution in [-0.4, -0.2) is 35.2 Å². The molecule has 152 valence electrons. The molecular weight excluding hydrogens is 450 g/mol. The molecular formula is C22H18BrN3O4. The number of nitrogens with zero attached hydrogens (tertiary/aromatic N) is 3. The zero-order valence-corrected chi connectivity index (χ0v) is 17.8. The van der Waals surface area contributed by atoms with Gasteiger partial charge in [0, 0.05) is 46.7 Å². The Bertz CT molecular complexity index is 1150. The summed E-state index contributed by atoms with van der Waals surface area (Å²) in [5, 5.41) is 12.8. The summed E-state index contributed by atoms with van der Waals surface area (Å²) in [5.41, 5.74) is 1.90. The summed E-state index contributed by atoms with van der Waals surface area (Å²) >= 11 is 3.44. The molecule has 0 saturated carbocycles. The number of carbonyl (C=O) groups excluding carboxylic acids is 2. The molecule has 30 heavy (non-hydrogen) atoms. The van der Waals surface area contributed by atoms with Crippen LogP contribution in [0.1, 0.15) is 27.6 Å². The molecule has 1 aliphatic rings. The number of nitro groups is 1. The van der Waals surface area contributed by atoms with Crippen molar-refractivity contribution in [3.05, 3.63) is 75.8 Å². The highest BCUT2D eigenvalue weighted by Gasteiger charge is 2.35. The van der Waals surface area contributed by atoms with E-state index in [0.29, 0.717) is 16.5 Å². The zero-order valence-electron chi connectivity index (χ0n) is 16.2. The minimum Gasteiger partial charge on any atom is -0.371 e. The fraction of sp³-hybridized carbons (Fsp3) is 0.182. The van der Waals surface area contributed by atoms with Crippen molar-refractivity contribution < 1.29 is 14.5 Å². The second-order valence-corrected chi connectivity index (χ2v) is 7.64. The fourth-order valence-electron chi connectivity index (χ4n) is 3.86. The standard InChI is InChI=1S/C22H18BrN3O4/c1-2-24(13-12-23)14-6-8-15(9-7-14)25-21(27)17-5-3-4-16-19(26(29)30)11-10-18(20(16)17)22(25)28/h3-11H,2,12-13H2,1H3. The van der Waals surface area contributed by atoms with Crippen LogP contribution in [0, 0.1) is 10.1 Å². The molecule has 2 amide bonds. The molecule has 0 aliphatic carbocycles. The molecule has 7 nitrogen and oxygen atoms in total. The SMILES string of the molecule is CCN(CCBr)c1ccc(N2C(=O)c3cccc4c([N+](=O)[O-])ccc(c34)C2=O)cc1. The van der Waals surface area contributed by atoms with Gasteiger partial charge < -0.3 is 4.90 Å². The lowest BCUT2D eigenvalue weighted by Gasteiger charge is -2.28. The third-order valence-corrected chi connectivity index (χ3v) is 5.65. The van der Waals surface area contributed by atoms with Crippen molar-refractivity contribution in [2.45, 2.75) is 6.92 Å². The summed E-state index contributed by atoms with van der Waals surface area (Å²) in [7, 11) is 0. The molecule has 0 radical (unpaired) electrons. The number of hydrogen-bond donors (Lipinski definition) is 0. The summed E-state index contributed by atoms with van der Waals surface area (Å²) in [6.45, 7) is 3.73. The van der Waals surface area contributed by atoms with E-state index in [1.165, 1.54) is 12.1 Å². The molecule has 4 rings (SSSR count). The first-order valence-corrected chi connectivity index (χ1v) is 10.6. The van der Waals surface area contributed by atoms with Crippen LogP contribution in [-0.2, 0) is 0 Å². The number of rotatable bonds is 6. The van der Waals surface area contributed by atoms with Crippen molar-refractivity contribution in [3.8, 4) is 0 Å². The molecule has 0 unspecified atom stereocenters. The highest BCUT2D eigenvalue weighted by molar-refractivity contribution is 9.09. The smallest absolute Gasteiger partial charge is 0.277 e. The molecule has 8 heteroatoms. The summed E-state index contributed by atoms with van der Waals surface area (Å²) < 4.78 is 0. The number of alkyl halides is 1. The maximum atomic E-state index is 13.2. The Kier molecular flexibility index (Phi) is 5.26. The van der Waals surface area contributed by atoms with Crippen molar-refractivity contribution >= 4 is 55.6 Å². The number of imide groups is 1. The van der Waals surface area contributed by atoms with E-state index in [-0.39, 0.29) is 16.8 Å². The Hall–Kier alpha value is -3.26. The quantitative estimate of drug-likeness (QED) is 0.225. The molecule has 1 aliphatic heterocycles. The van der Waals surface area contributed by atoms with Gasteiger partial charge in [-0.3, -0.25) is 19.7 Å². The lowest BCUT2D eigenvalue weighted by molar-refractivity contribution is -0.383. The zero-order chi connectivity index (χ0) is 21.4. The molecule has 0 aromatic heterocycles. The van der Waals surface area contributed by atoms with Crippen LogP contribution >= 0.6 is 15.9 Å². The van der Waals surface area contributed by atoms with E-state index in [9.17, 15) is 19.7 Å². The van der Waals surface area contributed by atoms with E-state index in [4.69, 9.17) is 0 Å². The first-order valence-electron chi connectivity index (χ1n) is 9.47. The van der Waals surface area contributed by atoms with Crippen molar-refractivity contribution in [2.75, 3.05) is 28.2 Å². The first-order chi connectivity index (χ1) is 14.5. The average molecular weight is 468 g/mol. The van der Waals surface area contributed by atoms with E-state index in [0.717, 1.165) is 29.0 Å². The Morgan fingerprint density at radius 1 is 1.00 bits per heavy atom. The van der Waals surface area contributed by atoms with Gasteiger partial charge in [-0.15, -0.1) is 0 Å². The molecule has 0 N–H and O–H groups in total. The maximum Gasteiger partial charge on any atom is 0.277 e. The summed E-state index contributed by atoms with van der Waals surface area (Å²) in [6, 6.07) is 14.8. The van der Waals surface area contributed by atoms with Crippen LogP contribution in [0.3, 0.4) is 0 Å². The Morgan fingerprint density at radius 2 is 1.67 bits per heavy atom. The summed E-state index contributed by atoms with van der Waals surface area (Å²) in [5.74, 6) is -0.974. The largest absolute Gasteiger partial charge is 0.371 e. The summed E-state index contributed by atoms with van der Waals surface area (Å²) in [6.07, 6.45) is 0.